The summed E-state index contributed by atoms with van der Waals surface area (Å²) in [6.07, 6.45) is 3.54. The Bertz CT molecular complexity index is 1440. The van der Waals surface area contributed by atoms with Gasteiger partial charge in [-0.2, -0.15) is 11.8 Å². The number of carboxylic acids is 1. The number of para-hydroxylation sites is 1. The van der Waals surface area contributed by atoms with E-state index in [9.17, 15) is 19.1 Å². The summed E-state index contributed by atoms with van der Waals surface area (Å²) in [7, 11) is 0. The zero-order valence-electron chi connectivity index (χ0n) is 24.6. The first kappa shape index (κ1) is 30.7. The summed E-state index contributed by atoms with van der Waals surface area (Å²) < 4.78 is 31.5. The number of thioether (sulfide) groups is 1. The van der Waals surface area contributed by atoms with E-state index in [0.29, 0.717) is 17.9 Å². The Morgan fingerprint density at radius 3 is 2.44 bits per heavy atom. The summed E-state index contributed by atoms with van der Waals surface area (Å²) in [6.45, 7) is 4.75. The van der Waals surface area contributed by atoms with Gasteiger partial charge in [0.05, 0.1) is 19.1 Å². The highest BCUT2D eigenvalue weighted by Crippen LogP contribution is 2.48. The number of fused-ring (bicyclic) bond motifs is 1. The van der Waals surface area contributed by atoms with Crippen LogP contribution in [0.15, 0.2) is 54.6 Å². The molecular formula is C33H37FN2O6S. The largest absolute Gasteiger partial charge is 0.493 e. The minimum atomic E-state index is -1.03. The second kappa shape index (κ2) is 13.7. The summed E-state index contributed by atoms with van der Waals surface area (Å²) >= 11 is 1.69. The fraction of sp³-hybridized carbons (Fsp3) is 0.394. The maximum absolute atomic E-state index is 15.0. The molecule has 3 atom stereocenters. The zero-order valence-corrected chi connectivity index (χ0v) is 25.4. The van der Waals surface area contributed by atoms with E-state index >= 15 is 0 Å². The van der Waals surface area contributed by atoms with E-state index in [4.69, 9.17) is 14.2 Å². The van der Waals surface area contributed by atoms with Crippen LogP contribution in [0.5, 0.6) is 17.2 Å². The van der Waals surface area contributed by atoms with Gasteiger partial charge in [0.1, 0.15) is 5.75 Å². The van der Waals surface area contributed by atoms with Crippen LogP contribution in [0, 0.1) is 11.7 Å². The fourth-order valence-electron chi connectivity index (χ4n) is 6.10. The molecule has 1 amide bonds. The number of amides is 1. The molecule has 0 radical (unpaired) electrons. The molecule has 2 heterocycles. The quantitative estimate of drug-likeness (QED) is 0.246. The number of carbonyl (C=O) groups is 2. The second-order valence-electron chi connectivity index (χ2n) is 10.7. The van der Waals surface area contributed by atoms with Crippen LogP contribution in [0.2, 0.25) is 0 Å². The van der Waals surface area contributed by atoms with E-state index in [0.717, 1.165) is 41.0 Å². The normalized spacial score (nSPS) is 19.4. The highest BCUT2D eigenvalue weighted by molar-refractivity contribution is 7.98. The van der Waals surface area contributed by atoms with Gasteiger partial charge in [0.25, 0.3) is 0 Å². The predicted octanol–water partition coefficient (Wildman–Crippen LogP) is 5.90. The number of hydrogen-bond donors (Lipinski definition) is 2. The maximum Gasteiger partial charge on any atom is 0.309 e. The molecule has 3 aromatic rings. The maximum atomic E-state index is 15.0. The molecule has 0 aliphatic carbocycles. The fourth-order valence-corrected chi connectivity index (χ4v) is 6.35. The van der Waals surface area contributed by atoms with Gasteiger partial charge in [-0.25, -0.2) is 4.39 Å². The zero-order chi connectivity index (χ0) is 30.5. The third kappa shape index (κ3) is 6.60. The smallest absolute Gasteiger partial charge is 0.309 e. The molecule has 2 N–H and O–H groups in total. The lowest BCUT2D eigenvalue weighted by molar-refractivity contribution is -0.143. The Kier molecular flexibility index (Phi) is 9.77. The Morgan fingerprint density at radius 1 is 1.07 bits per heavy atom. The number of carboxylic acid groups (broad SMARTS) is 1. The Labute approximate surface area is 255 Å². The summed E-state index contributed by atoms with van der Waals surface area (Å²) in [5.41, 5.74) is 4.12. The number of carbonyl (C=O) groups excluding carboxylic acids is 1. The number of benzene rings is 3. The number of nitrogens with one attached hydrogen (secondary N) is 1. The molecule has 1 saturated heterocycles. The molecule has 43 heavy (non-hydrogen) atoms. The van der Waals surface area contributed by atoms with Gasteiger partial charge in [-0.15, -0.1) is 0 Å². The minimum Gasteiger partial charge on any atom is -0.493 e. The van der Waals surface area contributed by atoms with Crippen molar-refractivity contribution in [2.24, 2.45) is 5.92 Å². The molecule has 0 bridgehead atoms. The molecule has 0 aromatic heterocycles. The third-order valence-corrected chi connectivity index (χ3v) is 8.72. The first-order valence-corrected chi connectivity index (χ1v) is 15.9. The molecule has 1 fully saturated rings. The average molecular weight is 609 g/mol. The molecule has 2 aliphatic heterocycles. The second-order valence-corrected chi connectivity index (χ2v) is 11.7. The molecule has 5 rings (SSSR count). The van der Waals surface area contributed by atoms with E-state index in [1.807, 2.05) is 67.5 Å². The van der Waals surface area contributed by atoms with Crippen molar-refractivity contribution in [1.82, 2.24) is 4.90 Å². The molecule has 0 saturated carbocycles. The van der Waals surface area contributed by atoms with Crippen LogP contribution < -0.4 is 19.5 Å². The first-order chi connectivity index (χ1) is 20.8. The number of aryl methyl sites for hydroxylation is 2. The average Bonchev–Trinajstić information content (AvgIpc) is 3.63. The van der Waals surface area contributed by atoms with Gasteiger partial charge in [0.15, 0.2) is 11.6 Å². The van der Waals surface area contributed by atoms with Crippen molar-refractivity contribution in [2.45, 2.75) is 38.6 Å². The van der Waals surface area contributed by atoms with Gasteiger partial charge in [-0.3, -0.25) is 14.5 Å². The van der Waals surface area contributed by atoms with Crippen molar-refractivity contribution in [2.75, 3.05) is 43.8 Å². The Hall–Kier alpha value is -3.76. The van der Waals surface area contributed by atoms with Crippen molar-refractivity contribution in [3.63, 3.8) is 0 Å². The first-order valence-electron chi connectivity index (χ1n) is 14.5. The van der Waals surface area contributed by atoms with Gasteiger partial charge < -0.3 is 24.6 Å². The van der Waals surface area contributed by atoms with Gasteiger partial charge in [-0.05, 0) is 65.6 Å². The number of halogens is 1. The van der Waals surface area contributed by atoms with Crippen LogP contribution >= 0.6 is 11.8 Å². The predicted molar refractivity (Wildman–Crippen MR) is 165 cm³/mol. The van der Waals surface area contributed by atoms with Crippen LogP contribution in [0.3, 0.4) is 0 Å². The number of likely N-dealkylation sites (tertiary alicyclic amines) is 1. The molecule has 2 aliphatic rings. The van der Waals surface area contributed by atoms with E-state index in [-0.39, 0.29) is 37.3 Å². The number of aliphatic carboxylic acids is 1. The number of ether oxygens (including phenoxy) is 3. The SMILES string of the molecule is CCc1cccc(CC)c1NC(=O)CN1C[C@H](c2cc(F)c3c(c2)OCO3)C(C(=O)O)[C@@H]1c1ccc(OCCSC)cc1. The van der Waals surface area contributed by atoms with Crippen molar-refractivity contribution >= 4 is 29.3 Å². The minimum absolute atomic E-state index is 0.0276. The number of nitrogens with zero attached hydrogens (tertiary/aromatic N) is 1. The Balaban J connectivity index is 1.48. The van der Waals surface area contributed by atoms with E-state index < -0.39 is 29.7 Å². The van der Waals surface area contributed by atoms with Gasteiger partial charge in [-0.1, -0.05) is 44.2 Å². The molecule has 0 spiro atoms. The van der Waals surface area contributed by atoms with Crippen molar-refractivity contribution in [1.29, 1.82) is 0 Å². The highest BCUT2D eigenvalue weighted by atomic mass is 32.2. The summed E-state index contributed by atoms with van der Waals surface area (Å²) in [4.78, 5) is 28.4. The summed E-state index contributed by atoms with van der Waals surface area (Å²) in [5, 5.41) is 13.7. The van der Waals surface area contributed by atoms with E-state index in [1.54, 1.807) is 17.8 Å². The number of anilines is 1. The molecule has 228 valence electrons. The van der Waals surface area contributed by atoms with Crippen molar-refractivity contribution < 1.29 is 33.3 Å². The van der Waals surface area contributed by atoms with Crippen molar-refractivity contribution in [3.05, 3.63) is 82.7 Å². The molecular weight excluding hydrogens is 571 g/mol. The van der Waals surface area contributed by atoms with Crippen molar-refractivity contribution in [3.8, 4) is 17.2 Å². The molecule has 1 unspecified atom stereocenters. The molecule has 10 heteroatoms. The van der Waals surface area contributed by atoms with Crippen LogP contribution in [0.1, 0.15) is 48.1 Å². The summed E-state index contributed by atoms with van der Waals surface area (Å²) in [6, 6.07) is 15.7. The van der Waals surface area contributed by atoms with Gasteiger partial charge in [0, 0.05) is 29.9 Å². The van der Waals surface area contributed by atoms with Crippen LogP contribution in [0.25, 0.3) is 0 Å². The van der Waals surface area contributed by atoms with Crippen LogP contribution in [-0.4, -0.2) is 60.4 Å². The topological polar surface area (TPSA) is 97.3 Å². The van der Waals surface area contributed by atoms with Gasteiger partial charge >= 0.3 is 5.97 Å². The number of hydrogen-bond acceptors (Lipinski definition) is 7. The third-order valence-electron chi connectivity index (χ3n) is 8.15. The van der Waals surface area contributed by atoms with E-state index in [1.165, 1.54) is 6.07 Å². The molecule has 3 aromatic carbocycles. The number of rotatable bonds is 12. The lowest BCUT2D eigenvalue weighted by atomic mass is 9.82. The van der Waals surface area contributed by atoms with Crippen LogP contribution in [-0.2, 0) is 22.4 Å². The van der Waals surface area contributed by atoms with Gasteiger partial charge in [0.2, 0.25) is 18.4 Å². The highest BCUT2D eigenvalue weighted by Gasteiger charge is 2.48. The molecule has 8 nitrogen and oxygen atoms in total. The summed E-state index contributed by atoms with van der Waals surface area (Å²) in [5.74, 6) is -1.61. The lowest BCUT2D eigenvalue weighted by Gasteiger charge is -2.27. The van der Waals surface area contributed by atoms with E-state index in [2.05, 4.69) is 5.32 Å². The lowest BCUT2D eigenvalue weighted by Crippen LogP contribution is -2.35. The van der Waals surface area contributed by atoms with Crippen LogP contribution in [0.4, 0.5) is 10.1 Å². The Morgan fingerprint density at radius 2 is 1.79 bits per heavy atom. The monoisotopic (exact) mass is 608 g/mol. The standard InChI is InChI=1S/C33H37FN2O6S/c1-4-20-7-6-8-21(5-2)30(20)35-28(37)18-36-17-25(23-15-26(34)32-27(16-23)41-19-42-32)29(33(38)39)31(36)22-9-11-24(12-10-22)40-13-14-43-3/h6-12,15-16,25,29,31H,4-5,13-14,17-19H2,1-3H3,(H,35,37)(H,38,39)/t25-,29?,31+/m1/s1.